The molecule has 0 saturated carbocycles. The van der Waals surface area contributed by atoms with Gasteiger partial charge in [-0.15, -0.1) is 0 Å². The van der Waals surface area contributed by atoms with Crippen molar-refractivity contribution in [1.82, 2.24) is 5.32 Å². The number of rotatable bonds is 55. The highest BCUT2D eigenvalue weighted by atomic mass is 16.5. The summed E-state index contributed by atoms with van der Waals surface area (Å²) in [7, 11) is 0. The fourth-order valence-electron chi connectivity index (χ4n) is 9.16. The van der Waals surface area contributed by atoms with E-state index < -0.39 is 12.1 Å². The van der Waals surface area contributed by atoms with E-state index in [2.05, 4.69) is 31.3 Å². The van der Waals surface area contributed by atoms with Gasteiger partial charge in [-0.2, -0.15) is 0 Å². The Hall–Kier alpha value is -1.66. The van der Waals surface area contributed by atoms with E-state index in [9.17, 15) is 19.8 Å². The zero-order chi connectivity index (χ0) is 47.9. The molecule has 6 nitrogen and oxygen atoms in total. The van der Waals surface area contributed by atoms with Crippen LogP contribution in [-0.4, -0.2) is 47.4 Å². The number of nitrogens with one attached hydrogen (secondary N) is 1. The minimum Gasteiger partial charge on any atom is -0.466 e. The smallest absolute Gasteiger partial charge is 0.305 e. The van der Waals surface area contributed by atoms with E-state index in [-0.39, 0.29) is 18.5 Å². The van der Waals surface area contributed by atoms with Crippen LogP contribution in [0.25, 0.3) is 0 Å². The number of hydrogen-bond donors (Lipinski definition) is 3. The van der Waals surface area contributed by atoms with Gasteiger partial charge in [-0.3, -0.25) is 9.59 Å². The minimum absolute atomic E-state index is 0.000656. The molecule has 0 aliphatic carbocycles. The van der Waals surface area contributed by atoms with Crippen molar-refractivity contribution in [3.63, 3.8) is 0 Å². The highest BCUT2D eigenvalue weighted by molar-refractivity contribution is 5.76. The standard InChI is InChI=1S/C60H115NO5/c1-3-5-7-9-11-13-15-17-19-26-30-34-38-42-46-50-54-60(65)66-55-51-47-43-39-35-31-27-23-21-20-22-25-29-33-37-41-45-49-53-59(64)61-57(56-62)58(63)52-48-44-40-36-32-28-24-18-16-14-12-10-8-6-4-2/h19,26,48,52,57-58,62-63H,3-18,20-25,27-47,49-51,53-56H2,1-2H3,(H,61,64)/b26-19-,52-48+. The van der Waals surface area contributed by atoms with Crippen LogP contribution in [0.15, 0.2) is 24.3 Å². The zero-order valence-corrected chi connectivity index (χ0v) is 44.4. The Morgan fingerprint density at radius 2 is 0.712 bits per heavy atom. The van der Waals surface area contributed by atoms with Gasteiger partial charge < -0.3 is 20.3 Å². The molecular weight excluding hydrogens is 815 g/mol. The number of carbonyl (C=O) groups excluding carboxylic acids is 2. The Morgan fingerprint density at radius 3 is 1.08 bits per heavy atom. The first-order valence-electron chi connectivity index (χ1n) is 29.6. The fraction of sp³-hybridized carbons (Fsp3) is 0.900. The highest BCUT2D eigenvalue weighted by Gasteiger charge is 2.18. The number of carbonyl (C=O) groups is 2. The van der Waals surface area contributed by atoms with Crippen molar-refractivity contribution in [2.45, 2.75) is 334 Å². The Bertz CT molecular complexity index is 1030. The number of unbranched alkanes of at least 4 members (excludes halogenated alkanes) is 42. The summed E-state index contributed by atoms with van der Waals surface area (Å²) in [6.45, 7) is 4.90. The van der Waals surface area contributed by atoms with Gasteiger partial charge in [-0.05, 0) is 57.8 Å². The van der Waals surface area contributed by atoms with Gasteiger partial charge in [-0.25, -0.2) is 0 Å². The van der Waals surface area contributed by atoms with Crippen molar-refractivity contribution in [3.05, 3.63) is 24.3 Å². The first-order valence-corrected chi connectivity index (χ1v) is 29.6. The molecule has 2 unspecified atom stereocenters. The predicted octanol–water partition coefficient (Wildman–Crippen LogP) is 18.2. The monoisotopic (exact) mass is 930 g/mol. The lowest BCUT2D eigenvalue weighted by Gasteiger charge is -2.20. The number of aliphatic hydroxyl groups excluding tert-OH is 2. The number of ether oxygens (including phenoxy) is 1. The molecule has 0 aromatic rings. The highest BCUT2D eigenvalue weighted by Crippen LogP contribution is 2.17. The van der Waals surface area contributed by atoms with E-state index in [1.54, 1.807) is 6.08 Å². The SMILES string of the molecule is CCCCCCCCC/C=C\CCCCCCCC(=O)OCCCCCCCCCCCCCCCCCCCCC(=O)NC(CO)C(O)/C=C/CCCCCCCCCCCCCCC. The molecule has 0 saturated heterocycles. The summed E-state index contributed by atoms with van der Waals surface area (Å²) in [5.74, 6) is -0.0715. The third-order valence-electron chi connectivity index (χ3n) is 13.7. The number of aliphatic hydroxyl groups is 2. The number of amides is 1. The maximum Gasteiger partial charge on any atom is 0.305 e. The van der Waals surface area contributed by atoms with Gasteiger partial charge in [0.1, 0.15) is 0 Å². The van der Waals surface area contributed by atoms with Gasteiger partial charge in [0.05, 0.1) is 25.4 Å². The molecule has 66 heavy (non-hydrogen) atoms. The average molecular weight is 931 g/mol. The maximum atomic E-state index is 12.5. The van der Waals surface area contributed by atoms with Gasteiger partial charge in [-0.1, -0.05) is 276 Å². The molecule has 0 rings (SSSR count). The van der Waals surface area contributed by atoms with E-state index in [1.165, 1.54) is 250 Å². The van der Waals surface area contributed by atoms with Crippen LogP contribution >= 0.6 is 0 Å². The molecule has 0 radical (unpaired) electrons. The Morgan fingerprint density at radius 1 is 0.409 bits per heavy atom. The normalized spacial score (nSPS) is 12.7. The van der Waals surface area contributed by atoms with E-state index in [0.717, 1.165) is 44.9 Å². The molecule has 0 fully saturated rings. The molecular formula is C60H115NO5. The topological polar surface area (TPSA) is 95.9 Å². The summed E-state index contributed by atoms with van der Waals surface area (Å²) in [4.78, 5) is 24.5. The van der Waals surface area contributed by atoms with Gasteiger partial charge in [0.2, 0.25) is 5.91 Å². The minimum atomic E-state index is -0.847. The van der Waals surface area contributed by atoms with Crippen LogP contribution in [0.2, 0.25) is 0 Å². The van der Waals surface area contributed by atoms with Gasteiger partial charge in [0, 0.05) is 12.8 Å². The fourth-order valence-corrected chi connectivity index (χ4v) is 9.16. The van der Waals surface area contributed by atoms with E-state index in [0.29, 0.717) is 19.4 Å². The molecule has 0 heterocycles. The molecule has 6 heteroatoms. The van der Waals surface area contributed by atoms with Crippen molar-refractivity contribution in [3.8, 4) is 0 Å². The van der Waals surface area contributed by atoms with Crippen molar-refractivity contribution in [2.24, 2.45) is 0 Å². The quantitative estimate of drug-likeness (QED) is 0.0321. The second-order valence-electron chi connectivity index (χ2n) is 20.3. The number of esters is 1. The first-order chi connectivity index (χ1) is 32.5. The lowest BCUT2D eigenvalue weighted by atomic mass is 10.0. The summed E-state index contributed by atoms with van der Waals surface area (Å²) in [6, 6.07) is -0.630. The summed E-state index contributed by atoms with van der Waals surface area (Å²) in [5, 5.41) is 23.1. The van der Waals surface area contributed by atoms with Crippen molar-refractivity contribution >= 4 is 11.9 Å². The molecule has 390 valence electrons. The van der Waals surface area contributed by atoms with Crippen molar-refractivity contribution < 1.29 is 24.5 Å². The lowest BCUT2D eigenvalue weighted by Crippen LogP contribution is -2.45. The molecule has 1 amide bonds. The summed E-state index contributed by atoms with van der Waals surface area (Å²) in [6.07, 6.45) is 67.7. The summed E-state index contributed by atoms with van der Waals surface area (Å²) < 4.78 is 5.48. The molecule has 0 aromatic heterocycles. The summed E-state index contributed by atoms with van der Waals surface area (Å²) >= 11 is 0. The third kappa shape index (κ3) is 51.7. The molecule has 0 aliphatic heterocycles. The van der Waals surface area contributed by atoms with Crippen LogP contribution in [0.4, 0.5) is 0 Å². The Kier molecular flexibility index (Phi) is 54.5. The molecule has 0 spiro atoms. The molecule has 2 atom stereocenters. The van der Waals surface area contributed by atoms with E-state index in [1.807, 2.05) is 6.08 Å². The third-order valence-corrected chi connectivity index (χ3v) is 13.7. The second-order valence-corrected chi connectivity index (χ2v) is 20.3. The van der Waals surface area contributed by atoms with Gasteiger partial charge in [0.25, 0.3) is 0 Å². The number of hydrogen-bond acceptors (Lipinski definition) is 5. The Labute approximate surface area is 411 Å². The average Bonchev–Trinajstić information content (AvgIpc) is 3.32. The van der Waals surface area contributed by atoms with Crippen LogP contribution in [0.1, 0.15) is 322 Å². The molecule has 0 aliphatic rings. The van der Waals surface area contributed by atoms with Crippen LogP contribution in [0.3, 0.4) is 0 Å². The predicted molar refractivity (Wildman–Crippen MR) is 287 cm³/mol. The first kappa shape index (κ1) is 64.3. The van der Waals surface area contributed by atoms with Crippen molar-refractivity contribution in [1.29, 1.82) is 0 Å². The van der Waals surface area contributed by atoms with Crippen LogP contribution in [0.5, 0.6) is 0 Å². The zero-order valence-electron chi connectivity index (χ0n) is 44.4. The lowest BCUT2D eigenvalue weighted by molar-refractivity contribution is -0.143. The summed E-state index contributed by atoms with van der Waals surface area (Å²) in [5.41, 5.74) is 0. The van der Waals surface area contributed by atoms with E-state index in [4.69, 9.17) is 4.74 Å². The van der Waals surface area contributed by atoms with Crippen LogP contribution in [-0.2, 0) is 14.3 Å². The van der Waals surface area contributed by atoms with Crippen LogP contribution < -0.4 is 5.32 Å². The number of allylic oxidation sites excluding steroid dienone is 3. The molecule has 0 bridgehead atoms. The van der Waals surface area contributed by atoms with Crippen LogP contribution in [0, 0.1) is 0 Å². The Balaban J connectivity index is 3.43. The molecule has 0 aromatic carbocycles. The second kappa shape index (κ2) is 55.9. The largest absolute Gasteiger partial charge is 0.466 e. The van der Waals surface area contributed by atoms with Gasteiger partial charge in [0.15, 0.2) is 0 Å². The van der Waals surface area contributed by atoms with Crippen molar-refractivity contribution in [2.75, 3.05) is 13.2 Å². The maximum absolute atomic E-state index is 12.5. The van der Waals surface area contributed by atoms with Gasteiger partial charge >= 0.3 is 5.97 Å². The molecule has 3 N–H and O–H groups in total. The van der Waals surface area contributed by atoms with E-state index >= 15 is 0 Å².